The van der Waals surface area contributed by atoms with Gasteiger partial charge in [0.05, 0.1) is 0 Å². The number of hydrogen-bond acceptors (Lipinski definition) is 1. The van der Waals surface area contributed by atoms with Crippen molar-refractivity contribution in [3.05, 3.63) is 34.9 Å². The molecule has 0 radical (unpaired) electrons. The quantitative estimate of drug-likeness (QED) is 0.620. The van der Waals surface area contributed by atoms with Gasteiger partial charge in [0.1, 0.15) is 0 Å². The van der Waals surface area contributed by atoms with Crippen LogP contribution in [0.5, 0.6) is 0 Å². The Morgan fingerprint density at radius 2 is 1.83 bits per heavy atom. The minimum Gasteiger partial charge on any atom is -0.370 e. The van der Waals surface area contributed by atoms with Gasteiger partial charge in [-0.15, -0.1) is 0 Å². The molecule has 1 aromatic rings. The lowest BCUT2D eigenvalue weighted by Gasteiger charge is -2.08. The predicted molar refractivity (Wildman–Crippen MR) is 79.0 cm³/mol. The topological polar surface area (TPSA) is 50.4 Å². The van der Waals surface area contributed by atoms with E-state index in [4.69, 9.17) is 5.73 Å². The predicted octanol–water partition coefficient (Wildman–Crippen LogP) is 2.41. The zero-order valence-electron chi connectivity index (χ0n) is 12.0. The van der Waals surface area contributed by atoms with E-state index in [2.05, 4.69) is 56.2 Å². The number of guanidine groups is 1. The molecule has 0 aliphatic heterocycles. The third-order valence-electron chi connectivity index (χ3n) is 2.63. The average Bonchev–Trinajstić information content (AvgIpc) is 2.25. The average molecular weight is 247 g/mol. The maximum absolute atomic E-state index is 5.78. The number of nitrogens with two attached hydrogens (primary N) is 1. The van der Waals surface area contributed by atoms with Crippen molar-refractivity contribution in [2.24, 2.45) is 16.6 Å². The van der Waals surface area contributed by atoms with E-state index in [1.165, 1.54) is 16.7 Å². The standard InChI is InChI=1S/C15H25N3/c1-11(2)10-18-15(16)17-6-5-14-8-12(3)7-13(4)9-14/h7-9,11H,5-6,10H2,1-4H3,(H3,16,17,18). The second-order valence-electron chi connectivity index (χ2n) is 5.29. The first-order valence-electron chi connectivity index (χ1n) is 6.58. The third kappa shape index (κ3) is 5.71. The largest absolute Gasteiger partial charge is 0.370 e. The summed E-state index contributed by atoms with van der Waals surface area (Å²) in [5.41, 5.74) is 9.75. The van der Waals surface area contributed by atoms with Crippen molar-refractivity contribution >= 4 is 5.96 Å². The van der Waals surface area contributed by atoms with Crippen LogP contribution in [0.25, 0.3) is 0 Å². The van der Waals surface area contributed by atoms with Gasteiger partial charge in [-0.05, 0) is 31.7 Å². The van der Waals surface area contributed by atoms with Crippen LogP contribution in [0.15, 0.2) is 23.2 Å². The smallest absolute Gasteiger partial charge is 0.188 e. The highest BCUT2D eigenvalue weighted by atomic mass is 15.1. The van der Waals surface area contributed by atoms with E-state index in [1.807, 2.05) is 0 Å². The molecular formula is C15H25N3. The highest BCUT2D eigenvalue weighted by Gasteiger charge is 1.97. The summed E-state index contributed by atoms with van der Waals surface area (Å²) >= 11 is 0. The van der Waals surface area contributed by atoms with Gasteiger partial charge in [-0.3, -0.25) is 4.99 Å². The van der Waals surface area contributed by atoms with Gasteiger partial charge in [0.15, 0.2) is 5.96 Å². The monoisotopic (exact) mass is 247 g/mol. The van der Waals surface area contributed by atoms with Crippen LogP contribution >= 0.6 is 0 Å². The number of nitrogens with zero attached hydrogens (tertiary/aromatic N) is 1. The lowest BCUT2D eigenvalue weighted by Crippen LogP contribution is -2.33. The SMILES string of the molecule is Cc1cc(C)cc(CCNC(N)=NCC(C)C)c1. The summed E-state index contributed by atoms with van der Waals surface area (Å²) in [7, 11) is 0. The fourth-order valence-electron chi connectivity index (χ4n) is 1.89. The molecule has 1 aromatic carbocycles. The van der Waals surface area contributed by atoms with Gasteiger partial charge >= 0.3 is 0 Å². The van der Waals surface area contributed by atoms with Crippen molar-refractivity contribution in [2.45, 2.75) is 34.1 Å². The molecule has 0 aliphatic rings. The Hall–Kier alpha value is -1.51. The van der Waals surface area contributed by atoms with Crippen LogP contribution in [-0.2, 0) is 6.42 Å². The van der Waals surface area contributed by atoms with Crippen LogP contribution in [0.1, 0.15) is 30.5 Å². The van der Waals surface area contributed by atoms with Gasteiger partial charge in [0.25, 0.3) is 0 Å². The summed E-state index contributed by atoms with van der Waals surface area (Å²) in [5.74, 6) is 1.10. The molecule has 0 saturated carbocycles. The van der Waals surface area contributed by atoms with Crippen LogP contribution in [0.3, 0.4) is 0 Å². The van der Waals surface area contributed by atoms with E-state index in [-0.39, 0.29) is 0 Å². The molecule has 0 saturated heterocycles. The Morgan fingerprint density at radius 3 is 2.39 bits per heavy atom. The first-order chi connectivity index (χ1) is 8.47. The van der Waals surface area contributed by atoms with Gasteiger partial charge in [0, 0.05) is 13.1 Å². The molecule has 0 aromatic heterocycles. The summed E-state index contributed by atoms with van der Waals surface area (Å²) in [6.07, 6.45) is 0.973. The molecule has 3 heteroatoms. The summed E-state index contributed by atoms with van der Waals surface area (Å²) in [6.45, 7) is 10.1. The first kappa shape index (κ1) is 14.6. The van der Waals surface area contributed by atoms with E-state index in [9.17, 15) is 0 Å². The zero-order chi connectivity index (χ0) is 13.5. The minimum absolute atomic E-state index is 0.546. The van der Waals surface area contributed by atoms with Crippen molar-refractivity contribution in [2.75, 3.05) is 13.1 Å². The molecule has 3 nitrogen and oxygen atoms in total. The Kier molecular flexibility index (Phi) is 5.69. The molecule has 0 atom stereocenters. The molecule has 100 valence electrons. The normalized spacial score (nSPS) is 11.9. The number of rotatable bonds is 5. The molecule has 0 unspecified atom stereocenters. The summed E-state index contributed by atoms with van der Waals surface area (Å²) in [5, 5.41) is 3.15. The lowest BCUT2D eigenvalue weighted by molar-refractivity contribution is 0.661. The maximum atomic E-state index is 5.78. The van der Waals surface area contributed by atoms with Gasteiger partial charge in [0.2, 0.25) is 0 Å². The Labute approximate surface area is 111 Å². The van der Waals surface area contributed by atoms with Gasteiger partial charge in [-0.25, -0.2) is 0 Å². The van der Waals surface area contributed by atoms with E-state index in [0.29, 0.717) is 11.9 Å². The second-order valence-corrected chi connectivity index (χ2v) is 5.29. The number of aliphatic imine (C=N–C) groups is 1. The van der Waals surface area contributed by atoms with Gasteiger partial charge < -0.3 is 11.1 Å². The van der Waals surface area contributed by atoms with Gasteiger partial charge in [-0.2, -0.15) is 0 Å². The fourth-order valence-corrected chi connectivity index (χ4v) is 1.89. The van der Waals surface area contributed by atoms with Gasteiger partial charge in [-0.1, -0.05) is 43.2 Å². The van der Waals surface area contributed by atoms with Crippen LogP contribution in [0.4, 0.5) is 0 Å². The highest BCUT2D eigenvalue weighted by molar-refractivity contribution is 5.77. The van der Waals surface area contributed by atoms with Crippen molar-refractivity contribution in [1.82, 2.24) is 5.32 Å². The fraction of sp³-hybridized carbons (Fsp3) is 0.533. The molecule has 1 rings (SSSR count). The first-order valence-corrected chi connectivity index (χ1v) is 6.58. The molecule has 18 heavy (non-hydrogen) atoms. The van der Waals surface area contributed by atoms with Crippen LogP contribution in [0, 0.1) is 19.8 Å². The third-order valence-corrected chi connectivity index (χ3v) is 2.63. The van der Waals surface area contributed by atoms with Crippen LogP contribution in [0.2, 0.25) is 0 Å². The second kappa shape index (κ2) is 7.04. The summed E-state index contributed by atoms with van der Waals surface area (Å²) in [6, 6.07) is 6.63. The highest BCUT2D eigenvalue weighted by Crippen LogP contribution is 2.08. The van der Waals surface area contributed by atoms with E-state index in [1.54, 1.807) is 0 Å². The molecule has 0 amide bonds. The molecule has 0 heterocycles. The maximum Gasteiger partial charge on any atom is 0.188 e. The lowest BCUT2D eigenvalue weighted by atomic mass is 10.1. The van der Waals surface area contributed by atoms with Crippen molar-refractivity contribution < 1.29 is 0 Å². The van der Waals surface area contributed by atoms with E-state index in [0.717, 1.165) is 19.5 Å². The molecule has 0 fully saturated rings. The van der Waals surface area contributed by atoms with Crippen molar-refractivity contribution in [3.8, 4) is 0 Å². The van der Waals surface area contributed by atoms with Crippen molar-refractivity contribution in [3.63, 3.8) is 0 Å². The van der Waals surface area contributed by atoms with Crippen LogP contribution < -0.4 is 11.1 Å². The van der Waals surface area contributed by atoms with E-state index >= 15 is 0 Å². The number of aryl methyl sites for hydroxylation is 2. The molecule has 0 spiro atoms. The minimum atomic E-state index is 0.546. The van der Waals surface area contributed by atoms with E-state index < -0.39 is 0 Å². The Balaban J connectivity index is 2.39. The number of nitrogens with one attached hydrogen (secondary N) is 1. The molecular weight excluding hydrogens is 222 g/mol. The summed E-state index contributed by atoms with van der Waals surface area (Å²) < 4.78 is 0. The number of hydrogen-bond donors (Lipinski definition) is 2. The molecule has 0 aliphatic carbocycles. The molecule has 0 bridgehead atoms. The summed E-state index contributed by atoms with van der Waals surface area (Å²) in [4.78, 5) is 4.27. The van der Waals surface area contributed by atoms with Crippen LogP contribution in [-0.4, -0.2) is 19.0 Å². The Morgan fingerprint density at radius 1 is 1.22 bits per heavy atom. The van der Waals surface area contributed by atoms with Crippen molar-refractivity contribution in [1.29, 1.82) is 0 Å². The Bertz CT molecular complexity index is 388. The zero-order valence-corrected chi connectivity index (χ0v) is 12.0. The molecule has 3 N–H and O–H groups in total. The number of benzene rings is 1.